The summed E-state index contributed by atoms with van der Waals surface area (Å²) in [7, 11) is 0. The zero-order valence-electron chi connectivity index (χ0n) is 8.55. The smallest absolute Gasteiger partial charge is 0.124 e. The van der Waals surface area contributed by atoms with Gasteiger partial charge in [-0.25, -0.2) is 4.39 Å². The molecule has 0 unspecified atom stereocenters. The van der Waals surface area contributed by atoms with Gasteiger partial charge >= 0.3 is 0 Å². The summed E-state index contributed by atoms with van der Waals surface area (Å²) in [6.07, 6.45) is 2.78. The van der Waals surface area contributed by atoms with Gasteiger partial charge in [-0.2, -0.15) is 0 Å². The molecule has 0 amide bonds. The molecule has 15 heavy (non-hydrogen) atoms. The van der Waals surface area contributed by atoms with Crippen LogP contribution in [0.3, 0.4) is 0 Å². The highest BCUT2D eigenvalue weighted by molar-refractivity contribution is 9.10. The van der Waals surface area contributed by atoms with Crippen LogP contribution >= 0.6 is 15.9 Å². The van der Waals surface area contributed by atoms with Crippen molar-refractivity contribution in [2.24, 2.45) is 11.5 Å². The number of nitrogens with two attached hydrogens (primary N) is 2. The van der Waals surface area contributed by atoms with E-state index in [2.05, 4.69) is 15.9 Å². The average molecular weight is 275 g/mol. The van der Waals surface area contributed by atoms with Crippen LogP contribution in [-0.4, -0.2) is 6.54 Å². The molecule has 4 N–H and O–H groups in total. The molecule has 0 radical (unpaired) electrons. The van der Waals surface area contributed by atoms with Crippen LogP contribution in [0.1, 0.15) is 30.9 Å². The van der Waals surface area contributed by atoms with Crippen molar-refractivity contribution in [1.82, 2.24) is 0 Å². The molecule has 0 saturated carbocycles. The molecule has 84 valence electrons. The summed E-state index contributed by atoms with van der Waals surface area (Å²) in [6, 6.07) is 4.66. The van der Waals surface area contributed by atoms with Crippen LogP contribution < -0.4 is 11.5 Å². The first-order valence-electron chi connectivity index (χ1n) is 5.05. The van der Waals surface area contributed by atoms with E-state index in [0.29, 0.717) is 6.54 Å². The second-order valence-electron chi connectivity index (χ2n) is 3.59. The molecule has 0 aliphatic rings. The molecule has 1 aromatic carbocycles. The van der Waals surface area contributed by atoms with E-state index in [1.807, 2.05) is 6.07 Å². The van der Waals surface area contributed by atoms with Crippen LogP contribution in [0.4, 0.5) is 4.39 Å². The fraction of sp³-hybridized carbons (Fsp3) is 0.455. The average Bonchev–Trinajstić information content (AvgIpc) is 2.16. The lowest BCUT2D eigenvalue weighted by Gasteiger charge is -2.12. The minimum Gasteiger partial charge on any atom is -0.330 e. The number of unbranched alkanes of at least 4 members (excludes halogenated alkanes) is 1. The Balaban J connectivity index is 2.60. The largest absolute Gasteiger partial charge is 0.330 e. The predicted octanol–water partition coefficient (Wildman–Crippen LogP) is 2.72. The Morgan fingerprint density at radius 1 is 1.27 bits per heavy atom. The monoisotopic (exact) mass is 274 g/mol. The molecular formula is C11H16BrFN2. The minimum atomic E-state index is -0.256. The van der Waals surface area contributed by atoms with Crippen molar-refractivity contribution in [3.63, 3.8) is 0 Å². The van der Waals surface area contributed by atoms with Crippen molar-refractivity contribution in [3.8, 4) is 0 Å². The van der Waals surface area contributed by atoms with Crippen LogP contribution in [0.2, 0.25) is 0 Å². The molecule has 0 aliphatic carbocycles. The number of rotatable bonds is 5. The number of hydrogen-bond donors (Lipinski definition) is 2. The van der Waals surface area contributed by atoms with E-state index < -0.39 is 0 Å². The van der Waals surface area contributed by atoms with Gasteiger partial charge in [0.15, 0.2) is 0 Å². The summed E-state index contributed by atoms with van der Waals surface area (Å²) in [5, 5.41) is 0. The van der Waals surface area contributed by atoms with Gasteiger partial charge in [0.05, 0.1) is 0 Å². The first kappa shape index (κ1) is 12.6. The van der Waals surface area contributed by atoms with E-state index >= 15 is 0 Å². The van der Waals surface area contributed by atoms with Crippen LogP contribution in [0.25, 0.3) is 0 Å². The molecule has 1 atom stereocenters. The third-order valence-corrected chi connectivity index (χ3v) is 2.74. The third kappa shape index (κ3) is 4.28. The number of benzene rings is 1. The molecule has 0 fully saturated rings. The number of halogens is 2. The molecule has 4 heteroatoms. The zero-order chi connectivity index (χ0) is 11.3. The maximum Gasteiger partial charge on any atom is 0.124 e. The van der Waals surface area contributed by atoms with Crippen molar-refractivity contribution < 1.29 is 4.39 Å². The second kappa shape index (κ2) is 6.20. The lowest BCUT2D eigenvalue weighted by molar-refractivity contribution is 0.579. The Morgan fingerprint density at radius 2 is 2.00 bits per heavy atom. The summed E-state index contributed by atoms with van der Waals surface area (Å²) in [6.45, 7) is 0.680. The van der Waals surface area contributed by atoms with Crippen LogP contribution in [0.5, 0.6) is 0 Å². The van der Waals surface area contributed by atoms with E-state index in [4.69, 9.17) is 11.5 Å². The van der Waals surface area contributed by atoms with Gasteiger partial charge in [0.1, 0.15) is 5.82 Å². The molecular weight excluding hydrogens is 259 g/mol. The molecule has 1 rings (SSSR count). The number of hydrogen-bond acceptors (Lipinski definition) is 2. The van der Waals surface area contributed by atoms with Crippen LogP contribution in [-0.2, 0) is 0 Å². The quantitative estimate of drug-likeness (QED) is 0.812. The lowest BCUT2D eigenvalue weighted by atomic mass is 10.0. The van der Waals surface area contributed by atoms with Gasteiger partial charge in [0.2, 0.25) is 0 Å². The van der Waals surface area contributed by atoms with E-state index in [9.17, 15) is 4.39 Å². The van der Waals surface area contributed by atoms with Crippen LogP contribution in [0.15, 0.2) is 22.7 Å². The van der Waals surface area contributed by atoms with E-state index in [-0.39, 0.29) is 11.9 Å². The molecule has 0 aliphatic heterocycles. The molecule has 0 saturated heterocycles. The van der Waals surface area contributed by atoms with Gasteiger partial charge in [-0.15, -0.1) is 0 Å². The predicted molar refractivity (Wildman–Crippen MR) is 63.9 cm³/mol. The highest BCUT2D eigenvalue weighted by Crippen LogP contribution is 2.22. The van der Waals surface area contributed by atoms with Crippen molar-refractivity contribution >= 4 is 15.9 Å². The summed E-state index contributed by atoms with van der Waals surface area (Å²) >= 11 is 3.25. The van der Waals surface area contributed by atoms with Crippen molar-refractivity contribution in [1.29, 1.82) is 0 Å². The Morgan fingerprint density at radius 3 is 2.60 bits per heavy atom. The second-order valence-corrected chi connectivity index (χ2v) is 4.51. The summed E-state index contributed by atoms with van der Waals surface area (Å²) in [4.78, 5) is 0. The highest BCUT2D eigenvalue weighted by atomic mass is 79.9. The summed E-state index contributed by atoms with van der Waals surface area (Å²) < 4.78 is 13.8. The van der Waals surface area contributed by atoms with Gasteiger partial charge < -0.3 is 11.5 Å². The van der Waals surface area contributed by atoms with Gasteiger partial charge in [0, 0.05) is 10.5 Å². The third-order valence-electron chi connectivity index (χ3n) is 2.28. The molecule has 2 nitrogen and oxygen atoms in total. The minimum absolute atomic E-state index is 0.108. The molecule has 0 aromatic heterocycles. The molecule has 0 spiro atoms. The Kier molecular flexibility index (Phi) is 5.22. The maximum atomic E-state index is 13.1. The topological polar surface area (TPSA) is 52.0 Å². The Bertz CT molecular complexity index is 297. The highest BCUT2D eigenvalue weighted by Gasteiger charge is 2.07. The zero-order valence-corrected chi connectivity index (χ0v) is 10.1. The first-order valence-corrected chi connectivity index (χ1v) is 5.84. The molecule has 0 bridgehead atoms. The normalized spacial score (nSPS) is 12.8. The molecule has 1 aromatic rings. The van der Waals surface area contributed by atoms with E-state index in [1.165, 1.54) is 12.1 Å². The first-order chi connectivity index (χ1) is 7.13. The van der Waals surface area contributed by atoms with E-state index in [1.54, 1.807) is 0 Å². The standard InChI is InChI=1S/C11H16BrFN2/c12-9-5-8(6-10(13)7-9)11(15)3-1-2-4-14/h5-7,11H,1-4,14-15H2/t11-/m0/s1. The Hall–Kier alpha value is -0.450. The summed E-state index contributed by atoms with van der Waals surface area (Å²) in [5.74, 6) is -0.256. The van der Waals surface area contributed by atoms with E-state index in [0.717, 1.165) is 29.3 Å². The van der Waals surface area contributed by atoms with Gasteiger partial charge in [-0.1, -0.05) is 22.4 Å². The SMILES string of the molecule is NCCCC[C@H](N)c1cc(F)cc(Br)c1. The maximum absolute atomic E-state index is 13.1. The summed E-state index contributed by atoms with van der Waals surface area (Å²) in [5.41, 5.74) is 12.2. The van der Waals surface area contributed by atoms with Gasteiger partial charge in [-0.05, 0) is 43.1 Å². The fourth-order valence-corrected chi connectivity index (χ4v) is 1.95. The van der Waals surface area contributed by atoms with Crippen LogP contribution in [0, 0.1) is 5.82 Å². The fourth-order valence-electron chi connectivity index (χ4n) is 1.46. The van der Waals surface area contributed by atoms with Gasteiger partial charge in [-0.3, -0.25) is 0 Å². The van der Waals surface area contributed by atoms with Gasteiger partial charge in [0.25, 0.3) is 0 Å². The van der Waals surface area contributed by atoms with Crippen molar-refractivity contribution in [2.75, 3.05) is 6.54 Å². The van der Waals surface area contributed by atoms with Crippen molar-refractivity contribution in [2.45, 2.75) is 25.3 Å². The molecule has 0 heterocycles. The van der Waals surface area contributed by atoms with Crippen molar-refractivity contribution in [3.05, 3.63) is 34.1 Å². The lowest BCUT2D eigenvalue weighted by Crippen LogP contribution is -2.11. The Labute approximate surface area is 98.0 Å².